The van der Waals surface area contributed by atoms with Gasteiger partial charge < -0.3 is 10.5 Å². The Bertz CT molecular complexity index is 542. The summed E-state index contributed by atoms with van der Waals surface area (Å²) in [6.07, 6.45) is -0.0527. The Labute approximate surface area is 120 Å². The van der Waals surface area contributed by atoms with Crippen LogP contribution in [0.15, 0.2) is 46.9 Å². The van der Waals surface area contributed by atoms with Gasteiger partial charge in [-0.15, -0.1) is 0 Å². The normalized spacial score (nSPS) is 12.2. The Hall–Kier alpha value is -1.19. The van der Waals surface area contributed by atoms with Crippen molar-refractivity contribution in [3.8, 4) is 5.75 Å². The molecule has 0 aliphatic heterocycles. The highest BCUT2D eigenvalue weighted by molar-refractivity contribution is 9.10. The van der Waals surface area contributed by atoms with Crippen molar-refractivity contribution < 1.29 is 4.74 Å². The maximum absolute atomic E-state index is 5.89. The Morgan fingerprint density at radius 2 is 1.83 bits per heavy atom. The third kappa shape index (κ3) is 3.18. The molecule has 2 rings (SSSR count). The van der Waals surface area contributed by atoms with Crippen molar-refractivity contribution in [1.82, 2.24) is 0 Å². The van der Waals surface area contributed by atoms with E-state index in [1.54, 1.807) is 6.07 Å². The van der Waals surface area contributed by atoms with E-state index < -0.39 is 0 Å². The van der Waals surface area contributed by atoms with Crippen LogP contribution in [-0.4, -0.2) is 0 Å². The summed E-state index contributed by atoms with van der Waals surface area (Å²) in [4.78, 5) is 0. The van der Waals surface area contributed by atoms with Gasteiger partial charge in [0.2, 0.25) is 0 Å². The minimum atomic E-state index is -0.0527. The number of nitrogens with two attached hydrogens (primary N) is 1. The van der Waals surface area contributed by atoms with Gasteiger partial charge in [-0.3, -0.25) is 0 Å². The largest absolute Gasteiger partial charge is 0.485 e. The van der Waals surface area contributed by atoms with Crippen molar-refractivity contribution in [2.24, 2.45) is 0 Å². The lowest BCUT2D eigenvalue weighted by Gasteiger charge is -2.16. The molecule has 0 aliphatic carbocycles. The molecule has 0 amide bonds. The van der Waals surface area contributed by atoms with Crippen LogP contribution in [0.1, 0.15) is 18.6 Å². The molecule has 2 nitrogen and oxygen atoms in total. The lowest BCUT2D eigenvalue weighted by atomic mass is 10.1. The van der Waals surface area contributed by atoms with Crippen molar-refractivity contribution in [3.05, 3.63) is 57.5 Å². The zero-order chi connectivity index (χ0) is 13.1. The molecule has 2 aromatic rings. The van der Waals surface area contributed by atoms with Crippen LogP contribution in [0.3, 0.4) is 0 Å². The highest BCUT2D eigenvalue weighted by atomic mass is 79.9. The van der Waals surface area contributed by atoms with E-state index >= 15 is 0 Å². The van der Waals surface area contributed by atoms with Crippen LogP contribution in [0.4, 0.5) is 5.69 Å². The third-order valence-corrected chi connectivity index (χ3v) is 3.46. The summed E-state index contributed by atoms with van der Waals surface area (Å²) < 4.78 is 6.72. The Kier molecular flexibility index (Phi) is 4.15. The van der Waals surface area contributed by atoms with Gasteiger partial charge in [0, 0.05) is 10.7 Å². The molecule has 0 aromatic heterocycles. The Balaban J connectivity index is 2.15. The number of nitrogen functional groups attached to an aromatic ring is 1. The van der Waals surface area contributed by atoms with Crippen LogP contribution >= 0.6 is 27.5 Å². The molecule has 0 spiro atoms. The predicted molar refractivity (Wildman–Crippen MR) is 79.0 cm³/mol. The molecule has 2 N–H and O–H groups in total. The highest BCUT2D eigenvalue weighted by Gasteiger charge is 2.09. The van der Waals surface area contributed by atoms with Crippen molar-refractivity contribution in [1.29, 1.82) is 0 Å². The molecule has 0 aliphatic rings. The summed E-state index contributed by atoms with van der Waals surface area (Å²) in [7, 11) is 0. The molecule has 2 aromatic carbocycles. The standard InChI is InChI=1S/C14H13BrClNO/c1-9(10-2-5-12(17)6-3-10)18-14-7-4-11(16)8-13(14)15/h2-9H,17H2,1H3. The quantitative estimate of drug-likeness (QED) is 0.820. The molecule has 1 unspecified atom stereocenters. The summed E-state index contributed by atoms with van der Waals surface area (Å²) in [6, 6.07) is 13.1. The average molecular weight is 327 g/mol. The molecule has 1 atom stereocenters. The smallest absolute Gasteiger partial charge is 0.134 e. The van der Waals surface area contributed by atoms with E-state index in [-0.39, 0.29) is 6.10 Å². The first-order valence-corrected chi connectivity index (χ1v) is 6.70. The summed E-state index contributed by atoms with van der Waals surface area (Å²) in [5.41, 5.74) is 7.48. The van der Waals surface area contributed by atoms with Crippen molar-refractivity contribution in [2.45, 2.75) is 13.0 Å². The second-order valence-electron chi connectivity index (χ2n) is 4.00. The fraction of sp³-hybridized carbons (Fsp3) is 0.143. The number of rotatable bonds is 3. The van der Waals surface area contributed by atoms with Gasteiger partial charge in [0.05, 0.1) is 4.47 Å². The van der Waals surface area contributed by atoms with E-state index in [1.807, 2.05) is 43.3 Å². The summed E-state index contributed by atoms with van der Waals surface area (Å²) in [5.74, 6) is 0.767. The number of ether oxygens (including phenoxy) is 1. The monoisotopic (exact) mass is 325 g/mol. The fourth-order valence-electron chi connectivity index (χ4n) is 1.60. The fourth-order valence-corrected chi connectivity index (χ4v) is 2.37. The maximum atomic E-state index is 5.89. The van der Waals surface area contributed by atoms with Gasteiger partial charge in [-0.25, -0.2) is 0 Å². The van der Waals surface area contributed by atoms with E-state index in [2.05, 4.69) is 15.9 Å². The van der Waals surface area contributed by atoms with E-state index in [4.69, 9.17) is 22.1 Å². The summed E-state index contributed by atoms with van der Waals surface area (Å²) in [5, 5.41) is 0.675. The molecule has 18 heavy (non-hydrogen) atoms. The Morgan fingerprint density at radius 3 is 2.44 bits per heavy atom. The second kappa shape index (κ2) is 5.63. The highest BCUT2D eigenvalue weighted by Crippen LogP contribution is 2.31. The minimum absolute atomic E-state index is 0.0527. The number of benzene rings is 2. The summed E-state index contributed by atoms with van der Waals surface area (Å²) >= 11 is 9.32. The van der Waals surface area contributed by atoms with Gasteiger partial charge in [0.15, 0.2) is 0 Å². The summed E-state index contributed by atoms with van der Waals surface area (Å²) in [6.45, 7) is 1.99. The molecular weight excluding hydrogens is 314 g/mol. The Morgan fingerprint density at radius 1 is 1.17 bits per heavy atom. The van der Waals surface area contributed by atoms with Crippen LogP contribution in [0.25, 0.3) is 0 Å². The molecule has 0 heterocycles. The van der Waals surface area contributed by atoms with Crippen LogP contribution in [-0.2, 0) is 0 Å². The van der Waals surface area contributed by atoms with Crippen molar-refractivity contribution in [2.75, 3.05) is 5.73 Å². The number of hydrogen-bond donors (Lipinski definition) is 1. The van der Waals surface area contributed by atoms with Crippen LogP contribution in [0.2, 0.25) is 5.02 Å². The first-order valence-electron chi connectivity index (χ1n) is 5.53. The SMILES string of the molecule is CC(Oc1ccc(Cl)cc1Br)c1ccc(N)cc1. The maximum Gasteiger partial charge on any atom is 0.134 e. The molecule has 4 heteroatoms. The lowest BCUT2D eigenvalue weighted by molar-refractivity contribution is 0.225. The zero-order valence-electron chi connectivity index (χ0n) is 9.86. The van der Waals surface area contributed by atoms with Crippen molar-refractivity contribution >= 4 is 33.2 Å². The molecule has 94 valence electrons. The second-order valence-corrected chi connectivity index (χ2v) is 5.29. The molecule has 0 fully saturated rings. The van der Waals surface area contributed by atoms with E-state index in [0.29, 0.717) is 5.02 Å². The first kappa shape index (κ1) is 13.2. The lowest BCUT2D eigenvalue weighted by Crippen LogP contribution is -2.03. The van der Waals surface area contributed by atoms with E-state index in [1.165, 1.54) is 0 Å². The zero-order valence-corrected chi connectivity index (χ0v) is 12.2. The van der Waals surface area contributed by atoms with Gasteiger partial charge in [0.1, 0.15) is 11.9 Å². The molecule has 0 saturated heterocycles. The first-order chi connectivity index (χ1) is 8.56. The molecule has 0 saturated carbocycles. The molecular formula is C14H13BrClNO. The average Bonchev–Trinajstić information content (AvgIpc) is 2.33. The predicted octanol–water partition coefficient (Wildman–Crippen LogP) is 4.82. The third-order valence-electron chi connectivity index (χ3n) is 2.60. The minimum Gasteiger partial charge on any atom is -0.485 e. The van der Waals surface area contributed by atoms with Crippen molar-refractivity contribution in [3.63, 3.8) is 0 Å². The van der Waals surface area contributed by atoms with Gasteiger partial charge in [-0.1, -0.05) is 23.7 Å². The number of halogens is 2. The van der Waals surface area contributed by atoms with E-state index in [9.17, 15) is 0 Å². The van der Waals surface area contributed by atoms with Gasteiger partial charge in [-0.05, 0) is 58.7 Å². The number of anilines is 1. The van der Waals surface area contributed by atoms with E-state index in [0.717, 1.165) is 21.5 Å². The van der Waals surface area contributed by atoms with Gasteiger partial charge in [0.25, 0.3) is 0 Å². The van der Waals surface area contributed by atoms with Crippen LogP contribution in [0, 0.1) is 0 Å². The molecule has 0 radical (unpaired) electrons. The number of hydrogen-bond acceptors (Lipinski definition) is 2. The van der Waals surface area contributed by atoms with Gasteiger partial charge in [-0.2, -0.15) is 0 Å². The van der Waals surface area contributed by atoms with Gasteiger partial charge >= 0.3 is 0 Å². The van der Waals surface area contributed by atoms with Crippen LogP contribution < -0.4 is 10.5 Å². The molecule has 0 bridgehead atoms. The topological polar surface area (TPSA) is 35.2 Å². The van der Waals surface area contributed by atoms with Crippen LogP contribution in [0.5, 0.6) is 5.75 Å².